The Labute approximate surface area is 128 Å². The van der Waals surface area contributed by atoms with E-state index in [4.69, 9.17) is 15.2 Å². The first-order valence-corrected chi connectivity index (χ1v) is 7.96. The first-order valence-electron chi connectivity index (χ1n) is 7.96. The lowest BCUT2D eigenvalue weighted by molar-refractivity contribution is 0.382. The lowest BCUT2D eigenvalue weighted by atomic mass is 10.0. The molecule has 1 aliphatic rings. The highest BCUT2D eigenvalue weighted by atomic mass is 16.5. The third-order valence-electron chi connectivity index (χ3n) is 4.30. The van der Waals surface area contributed by atoms with Gasteiger partial charge in [-0.05, 0) is 30.5 Å². The predicted octanol–water partition coefficient (Wildman–Crippen LogP) is 3.02. The molecule has 118 valence electrons. The quantitative estimate of drug-likeness (QED) is 0.791. The average molecular weight is 292 g/mol. The van der Waals surface area contributed by atoms with Gasteiger partial charge in [0.2, 0.25) is 0 Å². The summed E-state index contributed by atoms with van der Waals surface area (Å²) in [6, 6.07) is 6.70. The lowest BCUT2D eigenvalue weighted by Gasteiger charge is -2.25. The number of ether oxygens (including phenoxy) is 2. The fourth-order valence-corrected chi connectivity index (χ4v) is 3.06. The van der Waals surface area contributed by atoms with E-state index in [0.29, 0.717) is 12.6 Å². The molecule has 0 amide bonds. The van der Waals surface area contributed by atoms with Crippen molar-refractivity contribution in [3.05, 3.63) is 23.8 Å². The van der Waals surface area contributed by atoms with Crippen molar-refractivity contribution in [3.63, 3.8) is 0 Å². The van der Waals surface area contributed by atoms with Crippen LogP contribution in [0.3, 0.4) is 0 Å². The van der Waals surface area contributed by atoms with Gasteiger partial charge in [-0.1, -0.05) is 25.7 Å². The normalized spacial score (nSPS) is 18.0. The van der Waals surface area contributed by atoms with E-state index in [-0.39, 0.29) is 6.04 Å². The highest BCUT2D eigenvalue weighted by Gasteiger charge is 2.18. The Kier molecular flexibility index (Phi) is 6.33. The van der Waals surface area contributed by atoms with Gasteiger partial charge in [0.15, 0.2) is 0 Å². The molecule has 1 aromatic carbocycles. The first kappa shape index (κ1) is 16.1. The van der Waals surface area contributed by atoms with Crippen LogP contribution in [0, 0.1) is 0 Å². The van der Waals surface area contributed by atoms with E-state index in [1.807, 2.05) is 18.2 Å². The van der Waals surface area contributed by atoms with Crippen LogP contribution in [0.2, 0.25) is 0 Å². The molecule has 1 unspecified atom stereocenters. The Bertz CT molecular complexity index is 407. The second kappa shape index (κ2) is 8.25. The maximum Gasteiger partial charge on any atom is 0.122 e. The number of rotatable bonds is 6. The highest BCUT2D eigenvalue weighted by molar-refractivity contribution is 5.40. The second-order valence-electron chi connectivity index (χ2n) is 5.79. The molecule has 1 aliphatic carbocycles. The summed E-state index contributed by atoms with van der Waals surface area (Å²) in [5.41, 5.74) is 7.14. The molecule has 0 aromatic heterocycles. The van der Waals surface area contributed by atoms with Crippen LogP contribution < -0.4 is 20.5 Å². The minimum Gasteiger partial charge on any atom is -0.497 e. The molecule has 4 heteroatoms. The van der Waals surface area contributed by atoms with Crippen molar-refractivity contribution in [3.8, 4) is 11.5 Å². The zero-order valence-corrected chi connectivity index (χ0v) is 13.2. The summed E-state index contributed by atoms with van der Waals surface area (Å²) >= 11 is 0. The third kappa shape index (κ3) is 4.61. The summed E-state index contributed by atoms with van der Waals surface area (Å²) in [5, 5.41) is 3.73. The van der Waals surface area contributed by atoms with E-state index in [0.717, 1.165) is 17.1 Å². The molecule has 1 fully saturated rings. The van der Waals surface area contributed by atoms with E-state index in [1.54, 1.807) is 14.2 Å². The molecule has 0 radical (unpaired) electrons. The van der Waals surface area contributed by atoms with E-state index in [2.05, 4.69) is 5.32 Å². The van der Waals surface area contributed by atoms with Gasteiger partial charge in [-0.25, -0.2) is 0 Å². The first-order chi connectivity index (χ1) is 10.3. The van der Waals surface area contributed by atoms with Gasteiger partial charge in [-0.15, -0.1) is 0 Å². The van der Waals surface area contributed by atoms with Crippen LogP contribution in [0.1, 0.15) is 50.1 Å². The molecule has 1 atom stereocenters. The van der Waals surface area contributed by atoms with Crippen molar-refractivity contribution in [1.82, 2.24) is 5.32 Å². The predicted molar refractivity (Wildman–Crippen MR) is 86.0 cm³/mol. The summed E-state index contributed by atoms with van der Waals surface area (Å²) in [4.78, 5) is 0. The van der Waals surface area contributed by atoms with Gasteiger partial charge in [0.05, 0.1) is 14.2 Å². The maximum atomic E-state index is 6.00. The van der Waals surface area contributed by atoms with Crippen LogP contribution >= 0.6 is 0 Å². The average Bonchev–Trinajstić information content (AvgIpc) is 2.80. The van der Waals surface area contributed by atoms with Gasteiger partial charge in [0, 0.05) is 24.7 Å². The largest absolute Gasteiger partial charge is 0.497 e. The molecule has 0 bridgehead atoms. The Morgan fingerprint density at radius 3 is 2.10 bits per heavy atom. The molecule has 0 aliphatic heterocycles. The molecule has 21 heavy (non-hydrogen) atoms. The van der Waals surface area contributed by atoms with Crippen LogP contribution in [-0.2, 0) is 0 Å². The van der Waals surface area contributed by atoms with Gasteiger partial charge in [-0.3, -0.25) is 0 Å². The zero-order chi connectivity index (χ0) is 15.1. The Morgan fingerprint density at radius 1 is 1.05 bits per heavy atom. The fourth-order valence-electron chi connectivity index (χ4n) is 3.06. The third-order valence-corrected chi connectivity index (χ3v) is 4.30. The molecule has 3 N–H and O–H groups in total. The monoisotopic (exact) mass is 292 g/mol. The maximum absolute atomic E-state index is 6.00. The number of methoxy groups -OCH3 is 2. The SMILES string of the molecule is COc1cc(OC)cc(C(CN)NC2CCCCCC2)c1. The number of nitrogens with two attached hydrogens (primary N) is 1. The van der Waals surface area contributed by atoms with Gasteiger partial charge < -0.3 is 20.5 Å². The number of nitrogens with one attached hydrogen (secondary N) is 1. The summed E-state index contributed by atoms with van der Waals surface area (Å²) < 4.78 is 10.7. The molecule has 1 aromatic rings. The summed E-state index contributed by atoms with van der Waals surface area (Å²) in [6.07, 6.45) is 7.85. The molecule has 0 saturated heterocycles. The minimum atomic E-state index is 0.150. The number of hydrogen-bond acceptors (Lipinski definition) is 4. The van der Waals surface area contributed by atoms with E-state index in [9.17, 15) is 0 Å². The summed E-state index contributed by atoms with van der Waals surface area (Å²) in [6.45, 7) is 0.576. The van der Waals surface area contributed by atoms with Crippen LogP contribution in [-0.4, -0.2) is 26.8 Å². The Balaban J connectivity index is 2.11. The summed E-state index contributed by atoms with van der Waals surface area (Å²) in [5.74, 6) is 1.62. The number of hydrogen-bond donors (Lipinski definition) is 2. The molecular weight excluding hydrogens is 264 g/mol. The van der Waals surface area contributed by atoms with Crippen molar-refractivity contribution >= 4 is 0 Å². The standard InChI is InChI=1S/C17H28N2O2/c1-20-15-9-13(10-16(11-15)21-2)17(12-18)19-14-7-5-3-4-6-8-14/h9-11,14,17,19H,3-8,12,18H2,1-2H3. The van der Waals surface area contributed by atoms with Gasteiger partial charge in [-0.2, -0.15) is 0 Å². The Morgan fingerprint density at radius 2 is 1.62 bits per heavy atom. The summed E-state index contributed by atoms with van der Waals surface area (Å²) in [7, 11) is 3.35. The molecular formula is C17H28N2O2. The molecule has 1 saturated carbocycles. The molecule has 0 heterocycles. The topological polar surface area (TPSA) is 56.5 Å². The van der Waals surface area contributed by atoms with Gasteiger partial charge >= 0.3 is 0 Å². The molecule has 2 rings (SSSR count). The van der Waals surface area contributed by atoms with Crippen LogP contribution in [0.5, 0.6) is 11.5 Å². The lowest BCUT2D eigenvalue weighted by Crippen LogP contribution is -2.36. The highest BCUT2D eigenvalue weighted by Crippen LogP contribution is 2.27. The smallest absolute Gasteiger partial charge is 0.122 e. The second-order valence-corrected chi connectivity index (χ2v) is 5.79. The van der Waals surface area contributed by atoms with Crippen LogP contribution in [0.25, 0.3) is 0 Å². The van der Waals surface area contributed by atoms with Crippen molar-refractivity contribution in [2.75, 3.05) is 20.8 Å². The van der Waals surface area contributed by atoms with Crippen molar-refractivity contribution in [1.29, 1.82) is 0 Å². The zero-order valence-electron chi connectivity index (χ0n) is 13.2. The van der Waals surface area contributed by atoms with Gasteiger partial charge in [0.25, 0.3) is 0 Å². The van der Waals surface area contributed by atoms with Crippen LogP contribution in [0.4, 0.5) is 0 Å². The van der Waals surface area contributed by atoms with E-state index < -0.39 is 0 Å². The molecule has 0 spiro atoms. The number of benzene rings is 1. The van der Waals surface area contributed by atoms with E-state index >= 15 is 0 Å². The van der Waals surface area contributed by atoms with Crippen molar-refractivity contribution in [2.45, 2.75) is 50.6 Å². The van der Waals surface area contributed by atoms with E-state index in [1.165, 1.54) is 38.5 Å². The van der Waals surface area contributed by atoms with Crippen molar-refractivity contribution < 1.29 is 9.47 Å². The van der Waals surface area contributed by atoms with Crippen molar-refractivity contribution in [2.24, 2.45) is 5.73 Å². The van der Waals surface area contributed by atoms with Crippen LogP contribution in [0.15, 0.2) is 18.2 Å². The minimum absolute atomic E-state index is 0.150. The van der Waals surface area contributed by atoms with Gasteiger partial charge in [0.1, 0.15) is 11.5 Å². The fraction of sp³-hybridized carbons (Fsp3) is 0.647. The Hall–Kier alpha value is -1.26. The molecule has 4 nitrogen and oxygen atoms in total.